The van der Waals surface area contributed by atoms with Crippen LogP contribution in [0.3, 0.4) is 0 Å². The number of nitrogens with zero attached hydrogens (tertiary/aromatic N) is 2. The molecule has 1 amide bonds. The molecule has 4 rings (SSSR count). The Kier molecular flexibility index (Phi) is 4.52. The third-order valence-electron chi connectivity index (χ3n) is 4.96. The van der Waals surface area contributed by atoms with Crippen LogP contribution in [0.15, 0.2) is 52.9 Å². The molecule has 1 aliphatic heterocycles. The molecule has 0 aliphatic carbocycles. The Balaban J connectivity index is 1.62. The van der Waals surface area contributed by atoms with Gasteiger partial charge >= 0.3 is 6.18 Å². The largest absolute Gasteiger partial charge is 0.419 e. The molecule has 1 atom stereocenters. The van der Waals surface area contributed by atoms with Crippen molar-refractivity contribution in [2.24, 2.45) is 0 Å². The smallest absolute Gasteiger partial charge is 0.416 e. The molecule has 1 aromatic heterocycles. The van der Waals surface area contributed by atoms with Crippen LogP contribution in [0.25, 0.3) is 11.5 Å². The number of anilines is 2. The number of rotatable bonds is 4. The Hall–Kier alpha value is -3.36. The van der Waals surface area contributed by atoms with Gasteiger partial charge in [0.25, 0.3) is 0 Å². The average Bonchev–Trinajstić information content (AvgIpc) is 3.30. The van der Waals surface area contributed by atoms with Gasteiger partial charge in [0.1, 0.15) is 5.41 Å². The number of amides is 1. The molecule has 0 unspecified atom stereocenters. The van der Waals surface area contributed by atoms with E-state index in [4.69, 9.17) is 4.42 Å². The van der Waals surface area contributed by atoms with Gasteiger partial charge in [-0.3, -0.25) is 4.79 Å². The zero-order chi connectivity index (χ0) is 20.6. The first-order chi connectivity index (χ1) is 13.8. The van der Waals surface area contributed by atoms with Crippen LogP contribution in [-0.4, -0.2) is 22.6 Å². The Morgan fingerprint density at radius 2 is 1.83 bits per heavy atom. The van der Waals surface area contributed by atoms with Crippen LogP contribution in [0.5, 0.6) is 0 Å². The molecule has 1 aliphatic rings. The highest BCUT2D eigenvalue weighted by molar-refractivity contribution is 5.88. The zero-order valence-corrected chi connectivity index (χ0v) is 15.4. The van der Waals surface area contributed by atoms with E-state index in [-0.39, 0.29) is 17.7 Å². The second-order valence-corrected chi connectivity index (χ2v) is 7.00. The summed E-state index contributed by atoms with van der Waals surface area (Å²) >= 11 is 0. The van der Waals surface area contributed by atoms with Crippen molar-refractivity contribution in [1.29, 1.82) is 0 Å². The van der Waals surface area contributed by atoms with Gasteiger partial charge in [-0.2, -0.15) is 13.2 Å². The fourth-order valence-corrected chi connectivity index (χ4v) is 3.17. The lowest BCUT2D eigenvalue weighted by Crippen LogP contribution is -2.32. The average molecular weight is 402 g/mol. The van der Waals surface area contributed by atoms with Crippen LogP contribution in [0.1, 0.15) is 24.8 Å². The van der Waals surface area contributed by atoms with Gasteiger partial charge < -0.3 is 15.1 Å². The minimum Gasteiger partial charge on any atom is -0.419 e. The number of aromatic nitrogens is 2. The standard InChI is InChI=1S/C20H17F3N4O2/c1-19(10-11-24-17(19)28)18-27-26-16(29-18)14-4-2-3-5-15(14)25-13-8-6-12(7-9-13)20(21,22)23/h2-9,25H,10-11H2,1H3,(H,24,28)/t19-/m1/s1. The molecule has 0 spiro atoms. The highest BCUT2D eigenvalue weighted by Gasteiger charge is 2.44. The van der Waals surface area contributed by atoms with E-state index in [0.717, 1.165) is 12.1 Å². The maximum Gasteiger partial charge on any atom is 0.416 e. The van der Waals surface area contributed by atoms with Gasteiger partial charge in [0.15, 0.2) is 0 Å². The van der Waals surface area contributed by atoms with E-state index in [0.29, 0.717) is 29.9 Å². The molecule has 2 N–H and O–H groups in total. The van der Waals surface area contributed by atoms with Crippen LogP contribution in [-0.2, 0) is 16.4 Å². The minimum atomic E-state index is -4.39. The Morgan fingerprint density at radius 3 is 2.48 bits per heavy atom. The number of carbonyl (C=O) groups is 1. The molecule has 2 aromatic carbocycles. The molecular formula is C20H17F3N4O2. The van der Waals surface area contributed by atoms with Crippen molar-refractivity contribution >= 4 is 17.3 Å². The van der Waals surface area contributed by atoms with Gasteiger partial charge in [0, 0.05) is 12.2 Å². The third-order valence-corrected chi connectivity index (χ3v) is 4.96. The summed E-state index contributed by atoms with van der Waals surface area (Å²) in [5.74, 6) is 0.284. The summed E-state index contributed by atoms with van der Waals surface area (Å²) < 4.78 is 44.0. The van der Waals surface area contributed by atoms with E-state index in [1.807, 2.05) is 0 Å². The Morgan fingerprint density at radius 1 is 1.10 bits per heavy atom. The van der Waals surface area contributed by atoms with Gasteiger partial charge in [-0.1, -0.05) is 12.1 Å². The van der Waals surface area contributed by atoms with Crippen LogP contribution in [0.2, 0.25) is 0 Å². The van der Waals surface area contributed by atoms with Crippen LogP contribution in [0.4, 0.5) is 24.5 Å². The zero-order valence-electron chi connectivity index (χ0n) is 15.4. The lowest BCUT2D eigenvalue weighted by Gasteiger charge is -2.14. The minimum absolute atomic E-state index is 0.163. The van der Waals surface area contributed by atoms with E-state index < -0.39 is 17.2 Å². The summed E-state index contributed by atoms with van der Waals surface area (Å²) in [6.45, 7) is 2.29. The Bertz CT molecular complexity index is 1050. The molecule has 2 heterocycles. The molecule has 6 nitrogen and oxygen atoms in total. The number of hydrogen-bond donors (Lipinski definition) is 2. The SMILES string of the molecule is C[C@@]1(c2nnc(-c3ccccc3Nc3ccc(C(F)(F)F)cc3)o2)CCNC1=O. The number of benzene rings is 2. The normalized spacial score (nSPS) is 19.2. The lowest BCUT2D eigenvalue weighted by atomic mass is 9.89. The van der Waals surface area contributed by atoms with Crippen molar-refractivity contribution in [2.75, 3.05) is 11.9 Å². The molecule has 0 radical (unpaired) electrons. The van der Waals surface area contributed by atoms with Gasteiger partial charge in [0.2, 0.25) is 17.7 Å². The van der Waals surface area contributed by atoms with Crippen LogP contribution >= 0.6 is 0 Å². The number of carbonyl (C=O) groups excluding carboxylic acids is 1. The number of halogens is 3. The summed E-state index contributed by atoms with van der Waals surface area (Å²) in [6, 6.07) is 11.8. The predicted octanol–water partition coefficient (Wildman–Crippen LogP) is 4.28. The second-order valence-electron chi connectivity index (χ2n) is 7.00. The molecule has 1 saturated heterocycles. The quantitative estimate of drug-likeness (QED) is 0.681. The van der Waals surface area contributed by atoms with E-state index in [2.05, 4.69) is 20.8 Å². The molecule has 29 heavy (non-hydrogen) atoms. The van der Waals surface area contributed by atoms with Crippen LogP contribution < -0.4 is 10.6 Å². The maximum absolute atomic E-state index is 12.7. The maximum atomic E-state index is 12.7. The van der Waals surface area contributed by atoms with Gasteiger partial charge in [0.05, 0.1) is 16.8 Å². The van der Waals surface area contributed by atoms with Crippen molar-refractivity contribution in [3.8, 4) is 11.5 Å². The number of nitrogens with one attached hydrogen (secondary N) is 2. The highest BCUT2D eigenvalue weighted by Crippen LogP contribution is 2.35. The fourth-order valence-electron chi connectivity index (χ4n) is 3.17. The lowest BCUT2D eigenvalue weighted by molar-refractivity contribution is -0.137. The molecule has 0 saturated carbocycles. The van der Waals surface area contributed by atoms with Crippen molar-refractivity contribution < 1.29 is 22.4 Å². The van der Waals surface area contributed by atoms with Gasteiger partial charge in [-0.15, -0.1) is 10.2 Å². The van der Waals surface area contributed by atoms with E-state index in [1.165, 1.54) is 12.1 Å². The van der Waals surface area contributed by atoms with Crippen molar-refractivity contribution in [3.63, 3.8) is 0 Å². The Labute approximate surface area is 164 Å². The van der Waals surface area contributed by atoms with Gasteiger partial charge in [-0.25, -0.2) is 0 Å². The molecular weight excluding hydrogens is 385 g/mol. The first-order valence-corrected chi connectivity index (χ1v) is 8.93. The second kappa shape index (κ2) is 6.91. The molecule has 0 bridgehead atoms. The van der Waals surface area contributed by atoms with Crippen LogP contribution in [0, 0.1) is 0 Å². The monoisotopic (exact) mass is 402 g/mol. The van der Waals surface area contributed by atoms with E-state index >= 15 is 0 Å². The summed E-state index contributed by atoms with van der Waals surface area (Å²) in [6.07, 6.45) is -3.84. The van der Waals surface area contributed by atoms with Crippen molar-refractivity contribution in [1.82, 2.24) is 15.5 Å². The van der Waals surface area contributed by atoms with Crippen molar-refractivity contribution in [2.45, 2.75) is 24.9 Å². The predicted molar refractivity (Wildman–Crippen MR) is 99.4 cm³/mol. The fraction of sp³-hybridized carbons (Fsp3) is 0.250. The molecule has 1 fully saturated rings. The summed E-state index contributed by atoms with van der Waals surface area (Å²) in [4.78, 5) is 12.1. The van der Waals surface area contributed by atoms with E-state index in [9.17, 15) is 18.0 Å². The number of para-hydroxylation sites is 1. The summed E-state index contributed by atoms with van der Waals surface area (Å²) in [7, 11) is 0. The molecule has 9 heteroatoms. The van der Waals surface area contributed by atoms with Crippen molar-refractivity contribution in [3.05, 3.63) is 60.0 Å². The number of alkyl halides is 3. The first kappa shape index (κ1) is 19.0. The van der Waals surface area contributed by atoms with Gasteiger partial charge in [-0.05, 0) is 49.7 Å². The summed E-state index contributed by atoms with van der Waals surface area (Å²) in [5.41, 5.74) is 0.0473. The van der Waals surface area contributed by atoms with E-state index in [1.54, 1.807) is 31.2 Å². The summed E-state index contributed by atoms with van der Waals surface area (Å²) in [5, 5.41) is 14.0. The third kappa shape index (κ3) is 3.55. The molecule has 150 valence electrons. The molecule has 3 aromatic rings. The topological polar surface area (TPSA) is 80.1 Å². The first-order valence-electron chi connectivity index (χ1n) is 8.93. The number of hydrogen-bond acceptors (Lipinski definition) is 5. The highest BCUT2D eigenvalue weighted by atomic mass is 19.4.